The molecule has 0 amide bonds. The number of Topliss-reactive ketones (excluding diaryl/α,β-unsaturated/α-hetero) is 2. The van der Waals surface area contributed by atoms with Gasteiger partial charge in [0.2, 0.25) is 0 Å². The Morgan fingerprint density at radius 3 is 2.04 bits per heavy atom. The highest BCUT2D eigenvalue weighted by Gasteiger charge is 2.34. The molecule has 0 aliphatic carbocycles. The molecule has 28 heavy (non-hydrogen) atoms. The largest absolute Gasteiger partial charge is 0.496 e. The van der Waals surface area contributed by atoms with Crippen LogP contribution in [0.4, 0.5) is 0 Å². The average Bonchev–Trinajstić information content (AvgIpc) is 2.70. The lowest BCUT2D eigenvalue weighted by Gasteiger charge is -2.22. The lowest BCUT2D eigenvalue weighted by Crippen LogP contribution is -2.34. The molecule has 0 aromatic heterocycles. The van der Waals surface area contributed by atoms with Gasteiger partial charge in [0.05, 0.1) is 19.6 Å². The monoisotopic (exact) mass is 382 g/mol. The van der Waals surface area contributed by atoms with Gasteiger partial charge in [-0.3, -0.25) is 9.59 Å². The number of ketones is 2. The van der Waals surface area contributed by atoms with Crippen LogP contribution in [-0.4, -0.2) is 25.8 Å². The van der Waals surface area contributed by atoms with Crippen molar-refractivity contribution in [3.8, 4) is 23.0 Å². The zero-order valence-corrected chi connectivity index (χ0v) is 16.8. The molecule has 148 valence electrons. The minimum atomic E-state index is -1.00. The van der Waals surface area contributed by atoms with Crippen LogP contribution in [0.1, 0.15) is 37.8 Å². The van der Waals surface area contributed by atoms with Gasteiger partial charge in [-0.05, 0) is 56.0 Å². The second-order valence-corrected chi connectivity index (χ2v) is 7.53. The van der Waals surface area contributed by atoms with E-state index in [2.05, 4.69) is 0 Å². The molecule has 0 saturated carbocycles. The molecule has 2 heterocycles. The predicted octanol–water partition coefficient (Wildman–Crippen LogP) is 4.54. The Morgan fingerprint density at radius 1 is 0.821 bits per heavy atom. The van der Waals surface area contributed by atoms with Crippen molar-refractivity contribution in [2.75, 3.05) is 14.2 Å². The van der Waals surface area contributed by atoms with Gasteiger partial charge < -0.3 is 14.2 Å². The number of carbonyl (C=O) groups excluding carboxylic acids is 2. The first-order valence-electron chi connectivity index (χ1n) is 9.43. The number of benzene rings is 2. The fourth-order valence-electron chi connectivity index (χ4n) is 3.35. The van der Waals surface area contributed by atoms with Crippen LogP contribution >= 0.6 is 0 Å². The first kappa shape index (κ1) is 19.9. The first-order chi connectivity index (χ1) is 13.3. The smallest absolute Gasteiger partial charge is 0.169 e. The van der Waals surface area contributed by atoms with Gasteiger partial charge in [0.25, 0.3) is 0 Å². The highest BCUT2D eigenvalue weighted by molar-refractivity contribution is 6.06. The second kappa shape index (κ2) is 8.05. The van der Waals surface area contributed by atoms with E-state index in [1.54, 1.807) is 34.1 Å². The van der Waals surface area contributed by atoms with Gasteiger partial charge in [0.1, 0.15) is 23.1 Å². The van der Waals surface area contributed by atoms with E-state index in [1.165, 1.54) is 0 Å². The Labute approximate surface area is 165 Å². The third kappa shape index (κ3) is 4.03. The third-order valence-corrected chi connectivity index (χ3v) is 5.37. The van der Waals surface area contributed by atoms with Gasteiger partial charge in [0, 0.05) is 18.9 Å². The summed E-state index contributed by atoms with van der Waals surface area (Å²) in [5, 5.41) is 0. The average molecular weight is 382 g/mol. The first-order valence-corrected chi connectivity index (χ1v) is 9.43. The summed E-state index contributed by atoms with van der Waals surface area (Å²) in [6, 6.07) is 11.2. The number of hydrogen-bond donors (Lipinski definition) is 0. The zero-order chi connectivity index (χ0) is 20.3. The highest BCUT2D eigenvalue weighted by Crippen LogP contribution is 2.38. The summed E-state index contributed by atoms with van der Waals surface area (Å²) in [5.41, 5.74) is 0.863. The lowest BCUT2D eigenvalue weighted by molar-refractivity contribution is -0.138. The van der Waals surface area contributed by atoms with E-state index in [0.29, 0.717) is 42.3 Å². The van der Waals surface area contributed by atoms with Crippen molar-refractivity contribution in [2.24, 2.45) is 5.41 Å². The number of methoxy groups -OCH3 is 2. The number of ether oxygens (including phenoxy) is 3. The predicted molar refractivity (Wildman–Crippen MR) is 106 cm³/mol. The summed E-state index contributed by atoms with van der Waals surface area (Å²) < 4.78 is 16.9. The number of rotatable bonds is 2. The number of fused-ring (bicyclic) bond motifs is 8. The van der Waals surface area contributed by atoms with Crippen molar-refractivity contribution >= 4 is 11.6 Å². The Bertz CT molecular complexity index is 881. The molecule has 2 aliphatic heterocycles. The summed E-state index contributed by atoms with van der Waals surface area (Å²) in [6.45, 7) is 3.44. The Hall–Kier alpha value is -2.82. The molecule has 0 unspecified atom stereocenters. The van der Waals surface area contributed by atoms with Crippen LogP contribution < -0.4 is 14.2 Å². The number of aryl methyl sites for hydroxylation is 2. The van der Waals surface area contributed by atoms with Crippen LogP contribution in [0.25, 0.3) is 0 Å². The summed E-state index contributed by atoms with van der Waals surface area (Å²) in [4.78, 5) is 25.5. The Balaban J connectivity index is 2.06. The van der Waals surface area contributed by atoms with Crippen LogP contribution in [0.2, 0.25) is 0 Å². The van der Waals surface area contributed by atoms with E-state index in [4.69, 9.17) is 14.2 Å². The van der Waals surface area contributed by atoms with Crippen molar-refractivity contribution in [1.29, 1.82) is 0 Å². The molecule has 0 N–H and O–H groups in total. The summed E-state index contributed by atoms with van der Waals surface area (Å²) in [7, 11) is 3.15. The van der Waals surface area contributed by atoms with Gasteiger partial charge in [-0.25, -0.2) is 0 Å². The van der Waals surface area contributed by atoms with E-state index in [9.17, 15) is 9.59 Å². The van der Waals surface area contributed by atoms with Crippen molar-refractivity contribution in [3.63, 3.8) is 0 Å². The molecule has 2 aromatic carbocycles. The molecular formula is C23H26O5. The van der Waals surface area contributed by atoms with Gasteiger partial charge in [-0.15, -0.1) is 0 Å². The minimum absolute atomic E-state index is 0.0323. The summed E-state index contributed by atoms with van der Waals surface area (Å²) >= 11 is 0. The SMILES string of the molecule is COc1cc(OC)c2cc1CCC(=O)C(C)(C)C(=O)CCc1ccc(cc1)O2. The topological polar surface area (TPSA) is 61.8 Å². The molecule has 4 rings (SSSR count). The van der Waals surface area contributed by atoms with Gasteiger partial charge in [0.15, 0.2) is 11.5 Å². The molecule has 5 heteroatoms. The Kier molecular flexibility index (Phi) is 5.73. The fraction of sp³-hybridized carbons (Fsp3) is 0.391. The molecule has 0 fully saturated rings. The van der Waals surface area contributed by atoms with Gasteiger partial charge in [-0.2, -0.15) is 0 Å². The van der Waals surface area contributed by atoms with E-state index < -0.39 is 5.41 Å². The van der Waals surface area contributed by atoms with Crippen molar-refractivity contribution in [3.05, 3.63) is 47.5 Å². The minimum Gasteiger partial charge on any atom is -0.496 e. The van der Waals surface area contributed by atoms with Crippen LogP contribution in [-0.2, 0) is 22.4 Å². The van der Waals surface area contributed by atoms with Crippen LogP contribution in [0, 0.1) is 5.41 Å². The number of hydrogen-bond acceptors (Lipinski definition) is 5. The molecule has 2 aliphatic rings. The second-order valence-electron chi connectivity index (χ2n) is 7.53. The Morgan fingerprint density at radius 2 is 1.43 bits per heavy atom. The quantitative estimate of drug-likeness (QED) is 0.714. The molecule has 2 aromatic rings. The molecule has 0 saturated heterocycles. The highest BCUT2D eigenvalue weighted by atomic mass is 16.5. The molecule has 0 radical (unpaired) electrons. The standard InChI is InChI=1S/C23H26O5/c1-23(2)21(24)11-7-15-5-9-17(10-6-15)28-20-13-16(8-12-22(23)25)18(26-3)14-19(20)27-4/h5-6,9-10,13-14H,7-8,11-12H2,1-4H3. The molecular weight excluding hydrogens is 356 g/mol. The van der Waals surface area contributed by atoms with Crippen molar-refractivity contribution in [1.82, 2.24) is 0 Å². The summed E-state index contributed by atoms with van der Waals surface area (Å²) in [6.07, 6.45) is 1.65. The van der Waals surface area contributed by atoms with E-state index in [-0.39, 0.29) is 18.0 Å². The van der Waals surface area contributed by atoms with E-state index in [1.807, 2.05) is 30.3 Å². The van der Waals surface area contributed by atoms with Crippen LogP contribution in [0.5, 0.6) is 23.0 Å². The number of carbonyl (C=O) groups is 2. The summed E-state index contributed by atoms with van der Waals surface area (Å²) in [5.74, 6) is 2.31. The van der Waals surface area contributed by atoms with Crippen molar-refractivity contribution in [2.45, 2.75) is 39.5 Å². The van der Waals surface area contributed by atoms with Gasteiger partial charge >= 0.3 is 0 Å². The van der Waals surface area contributed by atoms with E-state index >= 15 is 0 Å². The third-order valence-electron chi connectivity index (χ3n) is 5.37. The zero-order valence-electron chi connectivity index (χ0n) is 16.8. The van der Waals surface area contributed by atoms with Crippen LogP contribution in [0.15, 0.2) is 36.4 Å². The van der Waals surface area contributed by atoms with E-state index in [0.717, 1.165) is 11.1 Å². The van der Waals surface area contributed by atoms with Crippen molar-refractivity contribution < 1.29 is 23.8 Å². The maximum Gasteiger partial charge on any atom is 0.169 e. The molecule has 5 nitrogen and oxygen atoms in total. The van der Waals surface area contributed by atoms with Gasteiger partial charge in [-0.1, -0.05) is 12.1 Å². The molecule has 0 atom stereocenters. The van der Waals surface area contributed by atoms with Crippen LogP contribution in [0.3, 0.4) is 0 Å². The fourth-order valence-corrected chi connectivity index (χ4v) is 3.35. The molecule has 4 bridgehead atoms. The maximum absolute atomic E-state index is 12.8. The molecule has 0 spiro atoms. The maximum atomic E-state index is 12.8. The lowest BCUT2D eigenvalue weighted by atomic mass is 9.79. The normalized spacial score (nSPS) is 16.7.